The molecule has 0 aliphatic carbocycles. The number of benzene rings is 3. The Labute approximate surface area is 153 Å². The molecule has 1 N–H and O–H groups in total. The van der Waals surface area contributed by atoms with Crippen LogP contribution in [0.1, 0.15) is 23.6 Å². The summed E-state index contributed by atoms with van der Waals surface area (Å²) < 4.78 is 23.9. The van der Waals surface area contributed by atoms with Gasteiger partial charge in [-0.25, -0.2) is 4.57 Å². The summed E-state index contributed by atoms with van der Waals surface area (Å²) in [5.41, 5.74) is 1.13. The maximum Gasteiger partial charge on any atom is 0.528 e. The van der Waals surface area contributed by atoms with E-state index in [4.69, 9.17) is 9.05 Å². The minimum absolute atomic E-state index is 0.321. The van der Waals surface area contributed by atoms with Crippen molar-refractivity contribution in [3.05, 3.63) is 102 Å². The summed E-state index contributed by atoms with van der Waals surface area (Å²) in [6.45, 7) is 3.57. The maximum atomic E-state index is 12.8. The first kappa shape index (κ1) is 18.4. The van der Waals surface area contributed by atoms with E-state index in [-0.39, 0.29) is 0 Å². The molecule has 3 aromatic rings. The zero-order valence-corrected chi connectivity index (χ0v) is 15.6. The zero-order chi connectivity index (χ0) is 18.6. The maximum absolute atomic E-state index is 12.8. The topological polar surface area (TPSA) is 55.8 Å². The molecule has 134 valence electrons. The van der Waals surface area contributed by atoms with Crippen molar-refractivity contribution in [3.8, 4) is 5.75 Å². The molecule has 26 heavy (non-hydrogen) atoms. The summed E-state index contributed by atoms with van der Waals surface area (Å²) in [6, 6.07) is 25.7. The minimum Gasteiger partial charge on any atom is -0.404 e. The lowest BCUT2D eigenvalue weighted by atomic mass is 9.88. The third-order valence-corrected chi connectivity index (χ3v) is 5.28. The van der Waals surface area contributed by atoms with Crippen molar-refractivity contribution in [3.63, 3.8) is 0 Å². The molecule has 1 unspecified atom stereocenters. The summed E-state index contributed by atoms with van der Waals surface area (Å²) in [5, 5.41) is 0. The molecular weight excluding hydrogens is 347 g/mol. The highest BCUT2D eigenvalue weighted by atomic mass is 31.2. The molecule has 0 amide bonds. The molecule has 0 radical (unpaired) electrons. The fraction of sp³-hybridized carbons (Fsp3) is 0.143. The largest absolute Gasteiger partial charge is 0.528 e. The van der Waals surface area contributed by atoms with Gasteiger partial charge >= 0.3 is 7.82 Å². The van der Waals surface area contributed by atoms with Crippen LogP contribution in [-0.2, 0) is 14.7 Å². The van der Waals surface area contributed by atoms with Crippen LogP contribution in [0.4, 0.5) is 0 Å². The fourth-order valence-electron chi connectivity index (χ4n) is 2.82. The molecular formula is C21H21O4P. The average molecular weight is 368 g/mol. The zero-order valence-electron chi connectivity index (χ0n) is 14.7. The van der Waals surface area contributed by atoms with E-state index in [1.165, 1.54) is 0 Å². The lowest BCUT2D eigenvalue weighted by Gasteiger charge is -2.32. The molecule has 0 aliphatic rings. The Kier molecular flexibility index (Phi) is 5.28. The van der Waals surface area contributed by atoms with Crippen LogP contribution < -0.4 is 4.52 Å². The average Bonchev–Trinajstić information content (AvgIpc) is 2.64. The second kappa shape index (κ2) is 7.46. The molecule has 0 aromatic heterocycles. The first-order chi connectivity index (χ1) is 12.4. The molecule has 1 atom stereocenters. The number of hydrogen-bond donors (Lipinski definition) is 1. The molecule has 0 saturated heterocycles. The van der Waals surface area contributed by atoms with Crippen molar-refractivity contribution in [2.45, 2.75) is 19.4 Å². The van der Waals surface area contributed by atoms with Gasteiger partial charge < -0.3 is 4.52 Å². The summed E-state index contributed by atoms with van der Waals surface area (Å²) in [5.74, 6) is 0.321. The number of aryl methyl sites for hydroxylation is 1. The molecule has 3 aromatic carbocycles. The lowest BCUT2D eigenvalue weighted by Crippen LogP contribution is -2.27. The highest BCUT2D eigenvalue weighted by molar-refractivity contribution is 7.47. The van der Waals surface area contributed by atoms with E-state index in [1.807, 2.05) is 79.7 Å². The van der Waals surface area contributed by atoms with E-state index >= 15 is 0 Å². The summed E-state index contributed by atoms with van der Waals surface area (Å²) in [4.78, 5) is 10.5. The predicted octanol–water partition coefficient (Wildman–Crippen LogP) is 5.45. The minimum atomic E-state index is -4.39. The molecule has 0 saturated carbocycles. The first-order valence-electron chi connectivity index (χ1n) is 8.30. The van der Waals surface area contributed by atoms with Gasteiger partial charge in [-0.2, -0.15) is 0 Å². The Hall–Kier alpha value is -2.39. The van der Waals surface area contributed by atoms with Crippen LogP contribution in [0.15, 0.2) is 84.9 Å². The number of hydrogen-bond acceptors (Lipinski definition) is 3. The molecule has 0 heterocycles. The van der Waals surface area contributed by atoms with Gasteiger partial charge in [0, 0.05) is 0 Å². The van der Waals surface area contributed by atoms with Crippen molar-refractivity contribution < 1.29 is 18.5 Å². The van der Waals surface area contributed by atoms with Crippen LogP contribution in [-0.4, -0.2) is 4.89 Å². The van der Waals surface area contributed by atoms with Crippen molar-refractivity contribution in [2.24, 2.45) is 0 Å². The van der Waals surface area contributed by atoms with Crippen LogP contribution in [0.2, 0.25) is 0 Å². The first-order valence-corrected chi connectivity index (χ1v) is 9.80. The third-order valence-electron chi connectivity index (χ3n) is 4.25. The van der Waals surface area contributed by atoms with E-state index in [9.17, 15) is 9.46 Å². The van der Waals surface area contributed by atoms with Gasteiger partial charge in [0.25, 0.3) is 0 Å². The Balaban J connectivity index is 1.98. The van der Waals surface area contributed by atoms with Crippen LogP contribution in [0.25, 0.3) is 0 Å². The van der Waals surface area contributed by atoms with Crippen LogP contribution in [0.5, 0.6) is 5.75 Å². The van der Waals surface area contributed by atoms with Crippen molar-refractivity contribution in [2.75, 3.05) is 0 Å². The van der Waals surface area contributed by atoms with Crippen molar-refractivity contribution in [1.82, 2.24) is 0 Å². The third kappa shape index (κ3) is 4.05. The van der Waals surface area contributed by atoms with Gasteiger partial charge in [-0.1, -0.05) is 78.9 Å². The monoisotopic (exact) mass is 368 g/mol. The molecule has 5 heteroatoms. The number of rotatable bonds is 6. The Morgan fingerprint density at radius 3 is 1.77 bits per heavy atom. The lowest BCUT2D eigenvalue weighted by molar-refractivity contribution is 0.0845. The molecule has 3 rings (SSSR count). The predicted molar refractivity (Wildman–Crippen MR) is 102 cm³/mol. The highest BCUT2D eigenvalue weighted by Crippen LogP contribution is 2.52. The number of phosphoric ester groups is 1. The summed E-state index contributed by atoms with van der Waals surface area (Å²) >= 11 is 0. The second-order valence-corrected chi connectivity index (χ2v) is 7.48. The van der Waals surface area contributed by atoms with E-state index < -0.39 is 13.4 Å². The normalized spacial score (nSPS) is 13.8. The Morgan fingerprint density at radius 2 is 1.27 bits per heavy atom. The van der Waals surface area contributed by atoms with Gasteiger partial charge in [0.1, 0.15) is 11.4 Å². The molecule has 0 bridgehead atoms. The van der Waals surface area contributed by atoms with E-state index in [2.05, 4.69) is 0 Å². The number of phosphoric acid groups is 1. The van der Waals surface area contributed by atoms with Crippen LogP contribution in [0, 0.1) is 6.92 Å². The van der Waals surface area contributed by atoms with E-state index in [0.29, 0.717) is 5.75 Å². The van der Waals surface area contributed by atoms with Crippen molar-refractivity contribution >= 4 is 7.82 Å². The van der Waals surface area contributed by atoms with E-state index in [0.717, 1.165) is 16.7 Å². The molecule has 0 fully saturated rings. The van der Waals surface area contributed by atoms with Crippen LogP contribution >= 0.6 is 7.82 Å². The summed E-state index contributed by atoms with van der Waals surface area (Å²) in [7, 11) is -4.39. The quantitative estimate of drug-likeness (QED) is 0.588. The van der Waals surface area contributed by atoms with Gasteiger partial charge in [-0.15, -0.1) is 0 Å². The fourth-order valence-corrected chi connectivity index (χ4v) is 3.98. The standard InChI is InChI=1S/C21H21O4P/c1-17-11-9-10-16-20(17)24-26(22,23)25-21(2,18-12-5-3-6-13-18)19-14-7-4-8-15-19/h3-16H,1-2H3,(H,22,23). The van der Waals surface area contributed by atoms with Crippen LogP contribution in [0.3, 0.4) is 0 Å². The summed E-state index contributed by atoms with van der Waals surface area (Å²) in [6.07, 6.45) is 0. The van der Waals surface area contributed by atoms with E-state index in [1.54, 1.807) is 19.1 Å². The SMILES string of the molecule is Cc1ccccc1OP(=O)(O)OC(C)(c1ccccc1)c1ccccc1. The van der Waals surface area contributed by atoms with Gasteiger partial charge in [0.15, 0.2) is 0 Å². The molecule has 0 aliphatic heterocycles. The molecule has 0 spiro atoms. The molecule has 4 nitrogen and oxygen atoms in total. The second-order valence-electron chi connectivity index (χ2n) is 6.18. The Bertz CT molecular complexity index is 870. The van der Waals surface area contributed by atoms with Crippen molar-refractivity contribution in [1.29, 1.82) is 0 Å². The Morgan fingerprint density at radius 1 is 0.808 bits per heavy atom. The van der Waals surface area contributed by atoms with Gasteiger partial charge in [0.2, 0.25) is 0 Å². The smallest absolute Gasteiger partial charge is 0.404 e. The van der Waals surface area contributed by atoms with Gasteiger partial charge in [0.05, 0.1) is 0 Å². The van der Waals surface area contributed by atoms with Gasteiger partial charge in [-0.3, -0.25) is 9.42 Å². The highest BCUT2D eigenvalue weighted by Gasteiger charge is 2.39. The number of para-hydroxylation sites is 1. The van der Waals surface area contributed by atoms with Gasteiger partial charge in [-0.05, 0) is 36.6 Å².